The van der Waals surface area contributed by atoms with E-state index in [4.69, 9.17) is 17.9 Å². The van der Waals surface area contributed by atoms with E-state index in [9.17, 15) is 4.39 Å². The monoisotopic (exact) mass is 231 g/mol. The molecule has 0 saturated carbocycles. The molecule has 0 fully saturated rings. The molecule has 0 aliphatic rings. The van der Waals surface area contributed by atoms with Crippen LogP contribution in [0.5, 0.6) is 0 Å². The summed E-state index contributed by atoms with van der Waals surface area (Å²) in [5.74, 6) is -0.309. The molecule has 0 aliphatic heterocycles. The first kappa shape index (κ1) is 14.3. The molecule has 6 heteroatoms. The number of nitrogens with zero attached hydrogens (tertiary/aromatic N) is 2. The van der Waals surface area contributed by atoms with Crippen molar-refractivity contribution in [2.75, 3.05) is 5.32 Å². The first-order valence-electron chi connectivity index (χ1n) is 3.80. The number of amidine groups is 1. The molecule has 3 nitrogen and oxygen atoms in total. The topological polar surface area (TPSA) is 48.2 Å². The molecule has 1 rings (SSSR count). The Labute approximate surface area is 115 Å². The molecule has 0 heterocycles. The summed E-state index contributed by atoms with van der Waals surface area (Å²) in [6.45, 7) is 1.74. The van der Waals surface area contributed by atoms with E-state index in [0.717, 1.165) is 0 Å². The van der Waals surface area contributed by atoms with E-state index >= 15 is 0 Å². The molecule has 0 unspecified atom stereocenters. The van der Waals surface area contributed by atoms with Gasteiger partial charge in [-0.25, -0.2) is 4.39 Å². The SMILES string of the molecule is Cc1cc(F)ccc1N/C([S-])=N/C#N.[Na+]. The van der Waals surface area contributed by atoms with Crippen LogP contribution in [-0.2, 0) is 12.6 Å². The van der Waals surface area contributed by atoms with Gasteiger partial charge in [0, 0.05) is 5.69 Å². The van der Waals surface area contributed by atoms with Crippen molar-refractivity contribution in [2.45, 2.75) is 6.92 Å². The summed E-state index contributed by atoms with van der Waals surface area (Å²) >= 11 is 4.73. The van der Waals surface area contributed by atoms with Gasteiger partial charge in [-0.3, -0.25) is 0 Å². The largest absolute Gasteiger partial charge is 1.00 e. The zero-order valence-electron chi connectivity index (χ0n) is 8.41. The van der Waals surface area contributed by atoms with Gasteiger partial charge < -0.3 is 17.9 Å². The molecule has 15 heavy (non-hydrogen) atoms. The molecule has 0 amide bonds. The maximum absolute atomic E-state index is 12.7. The van der Waals surface area contributed by atoms with Crippen LogP contribution in [0.25, 0.3) is 0 Å². The van der Waals surface area contributed by atoms with Crippen molar-refractivity contribution in [3.05, 3.63) is 29.6 Å². The molecule has 72 valence electrons. The number of anilines is 1. The number of nitriles is 1. The Morgan fingerprint density at radius 2 is 2.27 bits per heavy atom. The average Bonchev–Trinajstić information content (AvgIpc) is 2.10. The molecule has 1 aromatic carbocycles. The minimum Gasteiger partial charge on any atom is -0.742 e. The molecular formula is C9H7FN3NaS. The average molecular weight is 231 g/mol. The third kappa shape index (κ3) is 4.58. The fourth-order valence-electron chi connectivity index (χ4n) is 0.956. The van der Waals surface area contributed by atoms with Crippen molar-refractivity contribution < 1.29 is 33.9 Å². The number of rotatable bonds is 1. The first-order chi connectivity index (χ1) is 6.63. The number of aliphatic imine (C=N–C) groups is 1. The summed E-state index contributed by atoms with van der Waals surface area (Å²) in [5, 5.41) is 11.0. The van der Waals surface area contributed by atoms with Gasteiger partial charge in [-0.15, -0.1) is 0 Å². The van der Waals surface area contributed by atoms with E-state index in [-0.39, 0.29) is 40.5 Å². The number of hydrogen-bond donors (Lipinski definition) is 1. The Kier molecular flexibility index (Phi) is 6.45. The number of halogens is 1. The standard InChI is InChI=1S/C9H8FN3S.Na/c1-6-4-7(10)2-3-8(6)13-9(14)12-5-11;/h2-4H,1H3,(H2,12,13,14);/q;+1/p-1. The summed E-state index contributed by atoms with van der Waals surface area (Å²) < 4.78 is 12.7. The van der Waals surface area contributed by atoms with Crippen LogP contribution in [0.1, 0.15) is 5.56 Å². The predicted octanol–water partition coefficient (Wildman–Crippen LogP) is -1.07. The summed E-state index contributed by atoms with van der Waals surface area (Å²) in [7, 11) is 0. The van der Waals surface area contributed by atoms with E-state index < -0.39 is 0 Å². The summed E-state index contributed by atoms with van der Waals surface area (Å²) in [4.78, 5) is 3.32. The van der Waals surface area contributed by atoms with Crippen LogP contribution in [0, 0.1) is 24.2 Å². The number of aryl methyl sites for hydroxylation is 1. The van der Waals surface area contributed by atoms with Crippen molar-refractivity contribution >= 4 is 23.5 Å². The molecule has 0 spiro atoms. The maximum atomic E-state index is 12.7. The van der Waals surface area contributed by atoms with Crippen LogP contribution in [0.3, 0.4) is 0 Å². The van der Waals surface area contributed by atoms with Crippen LogP contribution >= 0.6 is 0 Å². The van der Waals surface area contributed by atoms with Gasteiger partial charge in [-0.05, 0) is 35.9 Å². The van der Waals surface area contributed by atoms with E-state index in [0.29, 0.717) is 11.3 Å². The summed E-state index contributed by atoms with van der Waals surface area (Å²) in [6, 6.07) is 4.23. The minimum absolute atomic E-state index is 0. The second-order valence-corrected chi connectivity index (χ2v) is 2.99. The quantitative estimate of drug-likeness (QED) is 0.220. The van der Waals surface area contributed by atoms with Crippen molar-refractivity contribution in [1.82, 2.24) is 0 Å². The maximum Gasteiger partial charge on any atom is 1.00 e. The normalized spacial score (nSPS) is 10.1. The van der Waals surface area contributed by atoms with Gasteiger partial charge in [0.2, 0.25) is 6.19 Å². The molecule has 1 aromatic rings. The van der Waals surface area contributed by atoms with Gasteiger partial charge in [0.15, 0.2) is 0 Å². The van der Waals surface area contributed by atoms with Gasteiger partial charge in [0.05, 0.1) is 0 Å². The minimum atomic E-state index is -0.309. The smallest absolute Gasteiger partial charge is 0.742 e. The fraction of sp³-hybridized carbons (Fsp3) is 0.111. The van der Waals surface area contributed by atoms with Gasteiger partial charge in [0.25, 0.3) is 0 Å². The van der Waals surface area contributed by atoms with Crippen LogP contribution in [0.4, 0.5) is 10.1 Å². The van der Waals surface area contributed by atoms with Crippen LogP contribution in [0.2, 0.25) is 0 Å². The Morgan fingerprint density at radius 1 is 1.60 bits per heavy atom. The summed E-state index contributed by atoms with van der Waals surface area (Å²) in [5.41, 5.74) is 1.36. The third-order valence-corrected chi connectivity index (χ3v) is 1.77. The van der Waals surface area contributed by atoms with Crippen molar-refractivity contribution in [3.8, 4) is 6.19 Å². The third-order valence-electron chi connectivity index (χ3n) is 1.58. The molecule has 0 bridgehead atoms. The van der Waals surface area contributed by atoms with E-state index in [1.54, 1.807) is 19.2 Å². The first-order valence-corrected chi connectivity index (χ1v) is 4.21. The number of nitrogens with one attached hydrogen (secondary N) is 1. The van der Waals surface area contributed by atoms with Crippen molar-refractivity contribution in [1.29, 1.82) is 5.26 Å². The van der Waals surface area contributed by atoms with Crippen LogP contribution in [-0.4, -0.2) is 5.17 Å². The molecule has 0 saturated heterocycles. The molecular weight excluding hydrogens is 224 g/mol. The second kappa shape index (κ2) is 6.75. The van der Waals surface area contributed by atoms with Crippen molar-refractivity contribution in [3.63, 3.8) is 0 Å². The van der Waals surface area contributed by atoms with E-state index in [1.807, 2.05) is 0 Å². The van der Waals surface area contributed by atoms with E-state index in [2.05, 4.69) is 10.3 Å². The molecule has 1 N–H and O–H groups in total. The van der Waals surface area contributed by atoms with Gasteiger partial charge in [-0.2, -0.15) is 10.3 Å². The molecule has 0 aliphatic carbocycles. The van der Waals surface area contributed by atoms with Gasteiger partial charge in [0.1, 0.15) is 5.82 Å². The Bertz CT molecular complexity index is 414. The molecule has 0 aromatic heterocycles. The van der Waals surface area contributed by atoms with Crippen LogP contribution < -0.4 is 34.9 Å². The summed E-state index contributed by atoms with van der Waals surface area (Å²) in [6.07, 6.45) is 1.57. The fourth-order valence-corrected chi connectivity index (χ4v) is 1.11. The van der Waals surface area contributed by atoms with Gasteiger partial charge >= 0.3 is 29.6 Å². The Balaban J connectivity index is 0.00000196. The second-order valence-electron chi connectivity index (χ2n) is 2.60. The zero-order valence-corrected chi connectivity index (χ0v) is 11.2. The molecule has 0 radical (unpaired) electrons. The Morgan fingerprint density at radius 3 is 2.80 bits per heavy atom. The number of benzene rings is 1. The molecule has 0 atom stereocenters. The Hall–Kier alpha value is -0.670. The number of hydrogen-bond acceptors (Lipinski definition) is 3. The van der Waals surface area contributed by atoms with Crippen molar-refractivity contribution in [2.24, 2.45) is 4.99 Å². The van der Waals surface area contributed by atoms with Crippen LogP contribution in [0.15, 0.2) is 23.2 Å². The predicted molar refractivity (Wildman–Crippen MR) is 55.2 cm³/mol. The zero-order chi connectivity index (χ0) is 10.6. The van der Waals surface area contributed by atoms with E-state index in [1.165, 1.54) is 12.1 Å². The van der Waals surface area contributed by atoms with Gasteiger partial charge in [-0.1, -0.05) is 0 Å².